The van der Waals surface area contributed by atoms with Crippen LogP contribution in [0.1, 0.15) is 68.2 Å². The van der Waals surface area contributed by atoms with Crippen LogP contribution in [0, 0.1) is 16.2 Å². The van der Waals surface area contributed by atoms with E-state index < -0.39 is 0 Å². The summed E-state index contributed by atoms with van der Waals surface area (Å²) < 4.78 is 0. The van der Waals surface area contributed by atoms with E-state index in [1.165, 1.54) is 38.1 Å². The van der Waals surface area contributed by atoms with E-state index in [2.05, 4.69) is 55.4 Å². The van der Waals surface area contributed by atoms with Crippen molar-refractivity contribution >= 4 is 13.2 Å². The minimum atomic E-state index is 0.546. The third kappa shape index (κ3) is 4.05. The molecular formula is C17H36B2. The molecule has 0 atom stereocenters. The van der Waals surface area contributed by atoms with E-state index >= 15 is 0 Å². The van der Waals surface area contributed by atoms with Crippen LogP contribution in [0.4, 0.5) is 0 Å². The van der Waals surface area contributed by atoms with E-state index in [0.29, 0.717) is 16.2 Å². The van der Waals surface area contributed by atoms with Crippen molar-refractivity contribution in [2.75, 3.05) is 0 Å². The predicted octanol–water partition coefficient (Wildman–Crippen LogP) is 5.97. The first-order valence-corrected chi connectivity index (χ1v) is 8.54. The lowest BCUT2D eigenvalue weighted by Crippen LogP contribution is -2.32. The topological polar surface area (TPSA) is 0 Å². The molecular weight excluding hydrogens is 226 g/mol. The van der Waals surface area contributed by atoms with Gasteiger partial charge < -0.3 is 0 Å². The highest BCUT2D eigenvalue weighted by Crippen LogP contribution is 2.55. The van der Waals surface area contributed by atoms with Crippen LogP contribution in [0.25, 0.3) is 0 Å². The Morgan fingerprint density at radius 2 is 1.16 bits per heavy atom. The largest absolute Gasteiger partial charge is 0.110 e. The number of rotatable bonds is 1. The molecule has 0 amide bonds. The lowest BCUT2D eigenvalue weighted by Gasteiger charge is -2.35. The molecule has 2 heteroatoms. The zero-order chi connectivity index (χ0) is 14.9. The van der Waals surface area contributed by atoms with E-state index in [9.17, 15) is 0 Å². The van der Waals surface area contributed by atoms with Gasteiger partial charge in [0.05, 0.1) is 0 Å². The SMILES string of the molecule is CC1(C)CCB(B2CC(C)(C)C(C)(C)C2)C1.CCC. The molecule has 19 heavy (non-hydrogen) atoms. The van der Waals surface area contributed by atoms with E-state index in [1.807, 2.05) is 0 Å². The standard InChI is InChI=1S/C14H28B2.C3H8/c1-12(2)7-8-15(9-12)16-10-13(3,4)14(5,6)11-16;1-3-2/h7-11H2,1-6H3;3H2,1-2H3. The summed E-state index contributed by atoms with van der Waals surface area (Å²) >= 11 is 0. The van der Waals surface area contributed by atoms with Gasteiger partial charge in [-0.2, -0.15) is 0 Å². The molecule has 2 heterocycles. The monoisotopic (exact) mass is 262 g/mol. The summed E-state index contributed by atoms with van der Waals surface area (Å²) in [5, 5.41) is 0. The first-order valence-electron chi connectivity index (χ1n) is 8.54. The zero-order valence-corrected chi connectivity index (χ0v) is 14.9. The molecule has 110 valence electrons. The third-order valence-electron chi connectivity index (χ3n) is 6.05. The summed E-state index contributed by atoms with van der Waals surface area (Å²) in [5.41, 5.74) is 1.72. The Labute approximate surface area is 123 Å². The molecule has 0 aromatic heterocycles. The molecule has 0 aliphatic carbocycles. The van der Waals surface area contributed by atoms with Gasteiger partial charge in [-0.1, -0.05) is 93.5 Å². The van der Waals surface area contributed by atoms with Crippen molar-refractivity contribution < 1.29 is 0 Å². The van der Waals surface area contributed by atoms with Gasteiger partial charge in [-0.25, -0.2) is 0 Å². The van der Waals surface area contributed by atoms with Crippen molar-refractivity contribution in [1.82, 2.24) is 0 Å². The van der Waals surface area contributed by atoms with Crippen molar-refractivity contribution in [2.45, 2.75) is 93.5 Å². The van der Waals surface area contributed by atoms with Gasteiger partial charge in [-0.3, -0.25) is 0 Å². The summed E-state index contributed by atoms with van der Waals surface area (Å²) in [7, 11) is 0. The first kappa shape index (κ1) is 17.2. The minimum absolute atomic E-state index is 0.546. The Bertz CT molecular complexity index is 276. The van der Waals surface area contributed by atoms with Crippen molar-refractivity contribution in [2.24, 2.45) is 16.2 Å². The van der Waals surface area contributed by atoms with Crippen LogP contribution >= 0.6 is 0 Å². The molecule has 0 bridgehead atoms. The molecule has 0 aromatic carbocycles. The molecule has 2 saturated heterocycles. The fourth-order valence-electron chi connectivity index (χ4n) is 4.16. The molecule has 0 N–H and O–H groups in total. The normalized spacial score (nSPS) is 27.2. The molecule has 0 unspecified atom stereocenters. The predicted molar refractivity (Wildman–Crippen MR) is 92.7 cm³/mol. The molecule has 2 aliphatic rings. The Morgan fingerprint density at radius 1 is 0.737 bits per heavy atom. The smallest absolute Gasteiger partial charge is 0.0798 e. The Kier molecular flexibility index (Phi) is 5.30. The fraction of sp³-hybridized carbons (Fsp3) is 1.00. The second kappa shape index (κ2) is 5.86. The van der Waals surface area contributed by atoms with Gasteiger partial charge in [0, 0.05) is 0 Å². The van der Waals surface area contributed by atoms with Gasteiger partial charge in [0.2, 0.25) is 0 Å². The summed E-state index contributed by atoms with van der Waals surface area (Å²) in [6, 6.07) is 0. The number of hydrogen-bond acceptors (Lipinski definition) is 0. The van der Waals surface area contributed by atoms with Gasteiger partial charge in [0.15, 0.2) is 0 Å². The maximum atomic E-state index is 2.48. The highest BCUT2D eigenvalue weighted by molar-refractivity contribution is 7.23. The summed E-state index contributed by atoms with van der Waals surface area (Å²) in [4.78, 5) is 0. The summed E-state index contributed by atoms with van der Waals surface area (Å²) in [6.45, 7) is 21.1. The fourth-order valence-corrected chi connectivity index (χ4v) is 4.16. The van der Waals surface area contributed by atoms with Crippen LogP contribution in [0.3, 0.4) is 0 Å². The van der Waals surface area contributed by atoms with E-state index in [1.54, 1.807) is 0 Å². The maximum Gasteiger partial charge on any atom is 0.110 e. The molecule has 0 saturated carbocycles. The van der Waals surface area contributed by atoms with Gasteiger partial charge in [-0.05, 0) is 16.2 Å². The highest BCUT2D eigenvalue weighted by Gasteiger charge is 2.52. The molecule has 2 rings (SSSR count). The van der Waals surface area contributed by atoms with Gasteiger partial charge in [0.1, 0.15) is 13.2 Å². The molecule has 0 aromatic rings. The summed E-state index contributed by atoms with van der Waals surface area (Å²) in [6.07, 6.45) is 8.59. The van der Waals surface area contributed by atoms with Crippen LogP contribution in [-0.4, -0.2) is 13.2 Å². The lowest BCUT2D eigenvalue weighted by atomic mass is 9.06. The van der Waals surface area contributed by atoms with Gasteiger partial charge in [0.25, 0.3) is 0 Å². The first-order chi connectivity index (χ1) is 8.54. The molecule has 0 spiro atoms. The van der Waals surface area contributed by atoms with Gasteiger partial charge >= 0.3 is 0 Å². The van der Waals surface area contributed by atoms with Crippen LogP contribution in [0.5, 0.6) is 0 Å². The van der Waals surface area contributed by atoms with E-state index in [-0.39, 0.29) is 0 Å². The van der Waals surface area contributed by atoms with Crippen molar-refractivity contribution in [3.05, 3.63) is 0 Å². The Balaban J connectivity index is 0.000000550. The molecule has 2 aliphatic heterocycles. The van der Waals surface area contributed by atoms with E-state index in [0.717, 1.165) is 13.2 Å². The zero-order valence-electron chi connectivity index (χ0n) is 14.9. The van der Waals surface area contributed by atoms with Crippen molar-refractivity contribution in [3.8, 4) is 0 Å². The third-order valence-corrected chi connectivity index (χ3v) is 6.05. The van der Waals surface area contributed by atoms with E-state index in [4.69, 9.17) is 0 Å². The average molecular weight is 262 g/mol. The lowest BCUT2D eigenvalue weighted by molar-refractivity contribution is 0.177. The van der Waals surface area contributed by atoms with Crippen LogP contribution in [-0.2, 0) is 0 Å². The second-order valence-corrected chi connectivity index (χ2v) is 9.31. The molecule has 0 nitrogen and oxygen atoms in total. The maximum absolute atomic E-state index is 2.48. The van der Waals surface area contributed by atoms with Crippen molar-refractivity contribution in [1.29, 1.82) is 0 Å². The Morgan fingerprint density at radius 3 is 1.47 bits per heavy atom. The Hall–Kier alpha value is 0.130. The molecule has 0 radical (unpaired) electrons. The average Bonchev–Trinajstić information content (AvgIpc) is 2.67. The van der Waals surface area contributed by atoms with Crippen LogP contribution in [0.15, 0.2) is 0 Å². The van der Waals surface area contributed by atoms with Crippen LogP contribution in [0.2, 0.25) is 25.3 Å². The highest BCUT2D eigenvalue weighted by atomic mass is 14.4. The van der Waals surface area contributed by atoms with Crippen molar-refractivity contribution in [3.63, 3.8) is 0 Å². The molecule has 2 fully saturated rings. The van der Waals surface area contributed by atoms with Gasteiger partial charge in [-0.15, -0.1) is 0 Å². The minimum Gasteiger partial charge on any atom is -0.0798 e. The second-order valence-electron chi connectivity index (χ2n) is 9.31. The quantitative estimate of drug-likeness (QED) is 0.511. The number of hydrogen-bond donors (Lipinski definition) is 0. The summed E-state index contributed by atoms with van der Waals surface area (Å²) in [5.74, 6) is 0. The van der Waals surface area contributed by atoms with Crippen LogP contribution < -0.4 is 0 Å².